The number of hydrogen-bond acceptors (Lipinski definition) is 3. The molecule has 0 aromatic carbocycles. The van der Waals surface area contributed by atoms with E-state index in [-0.39, 0.29) is 24.4 Å². The third kappa shape index (κ3) is 3.48. The molecule has 1 saturated carbocycles. The van der Waals surface area contributed by atoms with Crippen LogP contribution in [0.3, 0.4) is 0 Å². The van der Waals surface area contributed by atoms with E-state index in [1.165, 1.54) is 0 Å². The van der Waals surface area contributed by atoms with Crippen molar-refractivity contribution in [3.05, 3.63) is 18.2 Å². The molecule has 22 heavy (non-hydrogen) atoms. The molecule has 1 aromatic rings. The number of nitrogens with zero attached hydrogens (tertiary/aromatic N) is 3. The molecule has 1 atom stereocenters. The summed E-state index contributed by atoms with van der Waals surface area (Å²) in [5.74, 6) is 1.41. The van der Waals surface area contributed by atoms with Crippen molar-refractivity contribution in [2.24, 2.45) is 13.0 Å². The molecule has 2 aliphatic rings. The zero-order valence-corrected chi connectivity index (χ0v) is 13.1. The first kappa shape index (κ1) is 15.1. The average molecular weight is 304 g/mol. The fourth-order valence-electron chi connectivity index (χ4n) is 3.10. The number of hydrogen-bond donors (Lipinski definition) is 1. The number of nitrogens with one attached hydrogen (secondary N) is 1. The van der Waals surface area contributed by atoms with Crippen LogP contribution in [-0.2, 0) is 16.6 Å². The smallest absolute Gasteiger partial charge is 0.240 e. The summed E-state index contributed by atoms with van der Waals surface area (Å²) in [6, 6.07) is -0.0328. The molecule has 1 aromatic heterocycles. The zero-order valence-electron chi connectivity index (χ0n) is 13.1. The number of carbonyl (C=O) groups is 2. The summed E-state index contributed by atoms with van der Waals surface area (Å²) in [5, 5.41) is 3.09. The Kier molecular flexibility index (Phi) is 4.45. The third-order valence-corrected chi connectivity index (χ3v) is 4.55. The molecule has 2 amide bonds. The Balaban J connectivity index is 1.62. The minimum absolute atomic E-state index is 0.0328. The largest absolute Gasteiger partial charge is 0.344 e. The summed E-state index contributed by atoms with van der Waals surface area (Å²) >= 11 is 0. The minimum atomic E-state index is -0.0739. The Labute approximate surface area is 130 Å². The molecule has 0 bridgehead atoms. The number of carbonyl (C=O) groups excluding carboxylic acids is 2. The second-order valence-electron chi connectivity index (χ2n) is 6.40. The van der Waals surface area contributed by atoms with Crippen molar-refractivity contribution in [2.45, 2.75) is 44.6 Å². The molecule has 2 heterocycles. The van der Waals surface area contributed by atoms with Gasteiger partial charge in [-0.05, 0) is 31.6 Å². The van der Waals surface area contributed by atoms with Crippen molar-refractivity contribution in [3.63, 3.8) is 0 Å². The Morgan fingerprint density at radius 3 is 2.91 bits per heavy atom. The van der Waals surface area contributed by atoms with Gasteiger partial charge in [-0.2, -0.15) is 0 Å². The van der Waals surface area contributed by atoms with E-state index in [4.69, 9.17) is 0 Å². The van der Waals surface area contributed by atoms with Crippen LogP contribution in [0, 0.1) is 5.92 Å². The van der Waals surface area contributed by atoms with Crippen LogP contribution in [0.4, 0.5) is 0 Å². The average Bonchev–Trinajstić information content (AvgIpc) is 3.26. The Morgan fingerprint density at radius 1 is 1.41 bits per heavy atom. The molecule has 1 aliphatic heterocycles. The highest BCUT2D eigenvalue weighted by molar-refractivity contribution is 5.85. The summed E-state index contributed by atoms with van der Waals surface area (Å²) in [7, 11) is 1.95. The Bertz CT molecular complexity index is 550. The SMILES string of the molecule is Cn1ccnc1C(NC(=O)CN1CCCCCC1=O)C1CC1. The molecule has 3 rings (SSSR count). The van der Waals surface area contributed by atoms with E-state index in [0.717, 1.165) is 37.9 Å². The molecular formula is C16H24N4O2. The number of aromatic nitrogens is 2. The molecular weight excluding hydrogens is 280 g/mol. The van der Waals surface area contributed by atoms with E-state index in [1.54, 1.807) is 11.1 Å². The van der Waals surface area contributed by atoms with E-state index in [9.17, 15) is 9.59 Å². The first-order chi connectivity index (χ1) is 10.6. The first-order valence-electron chi connectivity index (χ1n) is 8.19. The minimum Gasteiger partial charge on any atom is -0.344 e. The Hall–Kier alpha value is -1.85. The van der Waals surface area contributed by atoms with Crippen molar-refractivity contribution in [1.29, 1.82) is 0 Å². The van der Waals surface area contributed by atoms with Crippen molar-refractivity contribution in [3.8, 4) is 0 Å². The van der Waals surface area contributed by atoms with Crippen LogP contribution in [0.5, 0.6) is 0 Å². The molecule has 1 saturated heterocycles. The van der Waals surface area contributed by atoms with E-state index in [2.05, 4.69) is 10.3 Å². The van der Waals surface area contributed by atoms with Gasteiger partial charge in [0.15, 0.2) is 0 Å². The van der Waals surface area contributed by atoms with Gasteiger partial charge in [0.2, 0.25) is 11.8 Å². The predicted octanol–water partition coefficient (Wildman–Crippen LogP) is 1.39. The van der Waals surface area contributed by atoms with Crippen LogP contribution in [0.2, 0.25) is 0 Å². The van der Waals surface area contributed by atoms with Crippen LogP contribution in [-0.4, -0.2) is 39.4 Å². The molecule has 0 radical (unpaired) electrons. The molecule has 1 unspecified atom stereocenters. The van der Waals surface area contributed by atoms with Gasteiger partial charge in [0.1, 0.15) is 5.82 Å². The third-order valence-electron chi connectivity index (χ3n) is 4.55. The highest BCUT2D eigenvalue weighted by Gasteiger charge is 2.36. The van der Waals surface area contributed by atoms with Crippen LogP contribution < -0.4 is 5.32 Å². The lowest BCUT2D eigenvalue weighted by atomic mass is 10.1. The van der Waals surface area contributed by atoms with Gasteiger partial charge in [0.25, 0.3) is 0 Å². The van der Waals surface area contributed by atoms with Crippen LogP contribution in [0.1, 0.15) is 50.4 Å². The summed E-state index contributed by atoms with van der Waals surface area (Å²) < 4.78 is 1.96. The summed E-state index contributed by atoms with van der Waals surface area (Å²) in [4.78, 5) is 30.4. The maximum atomic E-state index is 12.4. The summed E-state index contributed by atoms with van der Waals surface area (Å²) in [6.45, 7) is 0.870. The lowest BCUT2D eigenvalue weighted by Crippen LogP contribution is -2.42. The molecule has 0 spiro atoms. The second-order valence-corrected chi connectivity index (χ2v) is 6.40. The first-order valence-corrected chi connectivity index (χ1v) is 8.19. The number of amides is 2. The fraction of sp³-hybridized carbons (Fsp3) is 0.688. The maximum absolute atomic E-state index is 12.4. The van der Waals surface area contributed by atoms with Crippen molar-refractivity contribution < 1.29 is 9.59 Å². The van der Waals surface area contributed by atoms with Gasteiger partial charge in [-0.3, -0.25) is 9.59 Å². The van der Waals surface area contributed by atoms with E-state index in [0.29, 0.717) is 18.9 Å². The van der Waals surface area contributed by atoms with Gasteiger partial charge in [-0.1, -0.05) is 6.42 Å². The normalized spacial score (nSPS) is 20.6. The molecule has 2 fully saturated rings. The number of rotatable bonds is 5. The number of imidazole rings is 1. The standard InChI is InChI=1S/C16H24N4O2/c1-19-10-8-17-16(19)15(12-6-7-12)18-13(21)11-20-9-4-2-3-5-14(20)22/h8,10,12,15H,2-7,9,11H2,1H3,(H,18,21). The van der Waals surface area contributed by atoms with Gasteiger partial charge in [-0.15, -0.1) is 0 Å². The predicted molar refractivity (Wildman–Crippen MR) is 81.9 cm³/mol. The van der Waals surface area contributed by atoms with Crippen LogP contribution >= 0.6 is 0 Å². The quantitative estimate of drug-likeness (QED) is 0.894. The lowest BCUT2D eigenvalue weighted by Gasteiger charge is -2.23. The van der Waals surface area contributed by atoms with Gasteiger partial charge in [-0.25, -0.2) is 4.98 Å². The summed E-state index contributed by atoms with van der Waals surface area (Å²) in [5.41, 5.74) is 0. The lowest BCUT2D eigenvalue weighted by molar-refractivity contribution is -0.135. The second kappa shape index (κ2) is 6.50. The van der Waals surface area contributed by atoms with Crippen LogP contribution in [0.15, 0.2) is 12.4 Å². The molecule has 6 nitrogen and oxygen atoms in total. The molecule has 6 heteroatoms. The van der Waals surface area contributed by atoms with Crippen molar-refractivity contribution >= 4 is 11.8 Å². The number of aryl methyl sites for hydroxylation is 1. The topological polar surface area (TPSA) is 67.2 Å². The fourth-order valence-corrected chi connectivity index (χ4v) is 3.10. The van der Waals surface area contributed by atoms with E-state index in [1.807, 2.05) is 17.8 Å². The van der Waals surface area contributed by atoms with Crippen molar-refractivity contribution in [2.75, 3.05) is 13.1 Å². The molecule has 1 aliphatic carbocycles. The monoisotopic (exact) mass is 304 g/mol. The van der Waals surface area contributed by atoms with E-state index >= 15 is 0 Å². The number of likely N-dealkylation sites (tertiary alicyclic amines) is 1. The Morgan fingerprint density at radius 2 is 2.23 bits per heavy atom. The summed E-state index contributed by atoms with van der Waals surface area (Å²) in [6.07, 6.45) is 9.48. The van der Waals surface area contributed by atoms with Gasteiger partial charge < -0.3 is 14.8 Å². The highest BCUT2D eigenvalue weighted by atomic mass is 16.2. The molecule has 1 N–H and O–H groups in total. The van der Waals surface area contributed by atoms with Gasteiger partial charge in [0, 0.05) is 32.4 Å². The maximum Gasteiger partial charge on any atom is 0.240 e. The molecule has 120 valence electrons. The van der Waals surface area contributed by atoms with E-state index < -0.39 is 0 Å². The van der Waals surface area contributed by atoms with Gasteiger partial charge >= 0.3 is 0 Å². The zero-order chi connectivity index (χ0) is 15.5. The van der Waals surface area contributed by atoms with Gasteiger partial charge in [0.05, 0.1) is 12.6 Å². The van der Waals surface area contributed by atoms with Crippen LogP contribution in [0.25, 0.3) is 0 Å². The van der Waals surface area contributed by atoms with Crippen molar-refractivity contribution in [1.82, 2.24) is 19.8 Å². The highest BCUT2D eigenvalue weighted by Crippen LogP contribution is 2.40.